The van der Waals surface area contributed by atoms with Gasteiger partial charge in [0.25, 0.3) is 0 Å². The SMILES string of the molecule is CCNC(=NCC(C)Oc1ccccc1F)N1CCC2(CCOC2)C1. The summed E-state index contributed by atoms with van der Waals surface area (Å²) in [6.07, 6.45) is 2.09. The Hall–Kier alpha value is -1.82. The molecule has 0 aliphatic carbocycles. The molecule has 2 unspecified atom stereocenters. The summed E-state index contributed by atoms with van der Waals surface area (Å²) < 4.78 is 25.0. The molecule has 6 heteroatoms. The van der Waals surface area contributed by atoms with E-state index in [4.69, 9.17) is 14.5 Å². The summed E-state index contributed by atoms with van der Waals surface area (Å²) in [4.78, 5) is 7.03. The standard InChI is InChI=1S/C19H28FN3O2/c1-3-21-18(23-10-8-19(13-23)9-11-24-14-19)22-12-15(2)25-17-7-5-4-6-16(17)20/h4-7,15H,3,8-14H2,1-2H3,(H,21,22). The average molecular weight is 349 g/mol. The molecule has 2 heterocycles. The molecule has 0 saturated carbocycles. The van der Waals surface area contributed by atoms with Crippen LogP contribution in [-0.4, -0.2) is 56.4 Å². The average Bonchev–Trinajstić information content (AvgIpc) is 3.24. The molecule has 0 aromatic heterocycles. The first kappa shape index (κ1) is 18.0. The summed E-state index contributed by atoms with van der Waals surface area (Å²) in [5, 5.41) is 3.37. The summed E-state index contributed by atoms with van der Waals surface area (Å²) in [5.74, 6) is 0.849. The monoisotopic (exact) mass is 349 g/mol. The molecule has 138 valence electrons. The predicted molar refractivity (Wildman–Crippen MR) is 96.5 cm³/mol. The van der Waals surface area contributed by atoms with Crippen LogP contribution >= 0.6 is 0 Å². The first-order chi connectivity index (χ1) is 12.1. The molecule has 25 heavy (non-hydrogen) atoms. The third kappa shape index (κ3) is 4.42. The summed E-state index contributed by atoms with van der Waals surface area (Å²) in [6, 6.07) is 6.48. The Morgan fingerprint density at radius 2 is 2.28 bits per heavy atom. The zero-order valence-electron chi connectivity index (χ0n) is 15.1. The van der Waals surface area contributed by atoms with Crippen molar-refractivity contribution in [3.8, 4) is 5.75 Å². The number of benzene rings is 1. The van der Waals surface area contributed by atoms with Crippen LogP contribution in [0.25, 0.3) is 0 Å². The van der Waals surface area contributed by atoms with Crippen LogP contribution < -0.4 is 10.1 Å². The maximum atomic E-state index is 13.7. The van der Waals surface area contributed by atoms with Crippen molar-refractivity contribution >= 4 is 5.96 Å². The molecule has 1 aromatic carbocycles. The predicted octanol–water partition coefficient (Wildman–Crippen LogP) is 2.67. The number of guanidine groups is 1. The molecule has 2 saturated heterocycles. The molecule has 2 aliphatic rings. The van der Waals surface area contributed by atoms with Crippen molar-refractivity contribution < 1.29 is 13.9 Å². The van der Waals surface area contributed by atoms with Gasteiger partial charge in [0, 0.05) is 31.7 Å². The third-order valence-electron chi connectivity index (χ3n) is 4.92. The number of aliphatic imine (C=N–C) groups is 1. The van der Waals surface area contributed by atoms with Gasteiger partial charge in [-0.05, 0) is 38.8 Å². The summed E-state index contributed by atoms with van der Waals surface area (Å²) in [5.41, 5.74) is 0.297. The van der Waals surface area contributed by atoms with Crippen molar-refractivity contribution in [1.29, 1.82) is 0 Å². The number of nitrogens with zero attached hydrogens (tertiary/aromatic N) is 2. The Labute approximate surface area is 149 Å². The quantitative estimate of drug-likeness (QED) is 0.656. The fraction of sp³-hybridized carbons (Fsp3) is 0.632. The highest BCUT2D eigenvalue weighted by Gasteiger charge is 2.42. The van der Waals surface area contributed by atoms with Gasteiger partial charge in [-0.3, -0.25) is 0 Å². The minimum absolute atomic E-state index is 0.197. The van der Waals surface area contributed by atoms with E-state index in [2.05, 4.69) is 17.1 Å². The molecule has 1 N–H and O–H groups in total. The van der Waals surface area contributed by atoms with Crippen LogP contribution in [-0.2, 0) is 4.74 Å². The zero-order valence-corrected chi connectivity index (χ0v) is 15.1. The minimum Gasteiger partial charge on any atom is -0.486 e. The summed E-state index contributed by atoms with van der Waals surface area (Å²) in [6.45, 7) is 9.00. The second-order valence-electron chi connectivity index (χ2n) is 7.03. The van der Waals surface area contributed by atoms with Gasteiger partial charge in [0.1, 0.15) is 6.10 Å². The molecule has 0 amide bonds. The lowest BCUT2D eigenvalue weighted by Crippen LogP contribution is -2.42. The number of halogens is 1. The van der Waals surface area contributed by atoms with E-state index in [1.54, 1.807) is 18.2 Å². The van der Waals surface area contributed by atoms with Crippen LogP contribution in [0.15, 0.2) is 29.3 Å². The van der Waals surface area contributed by atoms with E-state index in [-0.39, 0.29) is 17.7 Å². The molecule has 0 radical (unpaired) electrons. The molecule has 0 bridgehead atoms. The maximum absolute atomic E-state index is 13.7. The molecule has 1 aromatic rings. The van der Waals surface area contributed by atoms with E-state index < -0.39 is 0 Å². The van der Waals surface area contributed by atoms with Crippen LogP contribution in [0.2, 0.25) is 0 Å². The van der Waals surface area contributed by atoms with Gasteiger partial charge in [-0.25, -0.2) is 9.38 Å². The Morgan fingerprint density at radius 1 is 1.44 bits per heavy atom. The highest BCUT2D eigenvalue weighted by molar-refractivity contribution is 5.80. The van der Waals surface area contributed by atoms with Crippen LogP contribution in [0.4, 0.5) is 4.39 Å². The molecule has 2 fully saturated rings. The van der Waals surface area contributed by atoms with Gasteiger partial charge in [-0.1, -0.05) is 12.1 Å². The van der Waals surface area contributed by atoms with Crippen LogP contribution in [0.3, 0.4) is 0 Å². The second kappa shape index (κ2) is 8.04. The Morgan fingerprint density at radius 3 is 3.00 bits per heavy atom. The van der Waals surface area contributed by atoms with Crippen LogP contribution in [0.1, 0.15) is 26.7 Å². The van der Waals surface area contributed by atoms with Gasteiger partial charge in [-0.2, -0.15) is 0 Å². The number of hydrogen-bond acceptors (Lipinski definition) is 3. The molecule has 2 aliphatic heterocycles. The van der Waals surface area contributed by atoms with E-state index in [1.807, 2.05) is 6.92 Å². The highest BCUT2D eigenvalue weighted by atomic mass is 19.1. The van der Waals surface area contributed by atoms with Gasteiger partial charge in [0.15, 0.2) is 17.5 Å². The Kier molecular flexibility index (Phi) is 5.78. The van der Waals surface area contributed by atoms with E-state index >= 15 is 0 Å². The lowest BCUT2D eigenvalue weighted by atomic mass is 9.87. The van der Waals surface area contributed by atoms with Crippen molar-refractivity contribution in [3.05, 3.63) is 30.1 Å². The van der Waals surface area contributed by atoms with Crippen molar-refractivity contribution in [2.45, 2.75) is 32.8 Å². The fourth-order valence-corrected chi connectivity index (χ4v) is 3.52. The fourth-order valence-electron chi connectivity index (χ4n) is 3.52. The number of para-hydroxylation sites is 1. The summed E-state index contributed by atoms with van der Waals surface area (Å²) in [7, 11) is 0. The largest absolute Gasteiger partial charge is 0.486 e. The number of rotatable bonds is 5. The lowest BCUT2D eigenvalue weighted by Gasteiger charge is -2.25. The van der Waals surface area contributed by atoms with Crippen molar-refractivity contribution in [2.24, 2.45) is 10.4 Å². The van der Waals surface area contributed by atoms with E-state index in [9.17, 15) is 4.39 Å². The maximum Gasteiger partial charge on any atom is 0.194 e. The van der Waals surface area contributed by atoms with Crippen LogP contribution in [0, 0.1) is 11.2 Å². The van der Waals surface area contributed by atoms with Crippen molar-refractivity contribution in [1.82, 2.24) is 10.2 Å². The van der Waals surface area contributed by atoms with Gasteiger partial charge >= 0.3 is 0 Å². The Balaban J connectivity index is 1.59. The van der Waals surface area contributed by atoms with Gasteiger partial charge in [0.05, 0.1) is 13.2 Å². The molecule has 1 spiro atoms. The topological polar surface area (TPSA) is 46.1 Å². The van der Waals surface area contributed by atoms with Gasteiger partial charge in [-0.15, -0.1) is 0 Å². The first-order valence-corrected chi connectivity index (χ1v) is 9.14. The van der Waals surface area contributed by atoms with Gasteiger partial charge < -0.3 is 19.7 Å². The van der Waals surface area contributed by atoms with E-state index in [0.29, 0.717) is 12.0 Å². The lowest BCUT2D eigenvalue weighted by molar-refractivity contribution is 0.156. The smallest absolute Gasteiger partial charge is 0.194 e. The van der Waals surface area contributed by atoms with Crippen LogP contribution in [0.5, 0.6) is 5.75 Å². The van der Waals surface area contributed by atoms with E-state index in [0.717, 1.165) is 51.6 Å². The normalized spacial score (nSPS) is 24.8. The number of nitrogens with one attached hydrogen (secondary N) is 1. The van der Waals surface area contributed by atoms with Crippen molar-refractivity contribution in [2.75, 3.05) is 39.4 Å². The number of ether oxygens (including phenoxy) is 2. The summed E-state index contributed by atoms with van der Waals surface area (Å²) >= 11 is 0. The number of likely N-dealkylation sites (tertiary alicyclic amines) is 1. The number of hydrogen-bond donors (Lipinski definition) is 1. The van der Waals surface area contributed by atoms with Crippen molar-refractivity contribution in [3.63, 3.8) is 0 Å². The van der Waals surface area contributed by atoms with Gasteiger partial charge in [0.2, 0.25) is 0 Å². The Bertz CT molecular complexity index is 602. The molecular formula is C19H28FN3O2. The second-order valence-corrected chi connectivity index (χ2v) is 7.03. The molecule has 5 nitrogen and oxygen atoms in total. The molecule has 3 rings (SSSR count). The first-order valence-electron chi connectivity index (χ1n) is 9.14. The zero-order chi connectivity index (χ0) is 17.7. The third-order valence-corrected chi connectivity index (χ3v) is 4.92. The van der Waals surface area contributed by atoms with E-state index in [1.165, 1.54) is 6.07 Å². The highest BCUT2D eigenvalue weighted by Crippen LogP contribution is 2.38. The minimum atomic E-state index is -0.340. The molecular weight excluding hydrogens is 321 g/mol. The molecule has 2 atom stereocenters.